The fourth-order valence-corrected chi connectivity index (χ4v) is 3.59. The van der Waals surface area contributed by atoms with Crippen molar-refractivity contribution in [3.05, 3.63) is 71.9 Å². The molecule has 3 aromatic rings. The van der Waals surface area contributed by atoms with E-state index in [2.05, 4.69) is 10.6 Å². The van der Waals surface area contributed by atoms with Gasteiger partial charge < -0.3 is 18.9 Å². The number of morpholine rings is 1. The first kappa shape index (κ1) is 17.8. The fourth-order valence-electron chi connectivity index (χ4n) is 3.59. The Balaban J connectivity index is 1.54. The molecule has 0 N–H and O–H groups in total. The van der Waals surface area contributed by atoms with Gasteiger partial charge in [-0.2, -0.15) is 0 Å². The maximum Gasteiger partial charge on any atom is 0.254 e. The molecule has 2 aromatic carbocycles. The van der Waals surface area contributed by atoms with Gasteiger partial charge in [0, 0.05) is 37.5 Å². The van der Waals surface area contributed by atoms with E-state index in [9.17, 15) is 4.79 Å². The summed E-state index contributed by atoms with van der Waals surface area (Å²) in [4.78, 5) is 15.0. The number of aromatic nitrogens is 1. The molecule has 27 heavy (non-hydrogen) atoms. The minimum atomic E-state index is -0.0711. The number of benzene rings is 2. The number of nitrogens with zero attached hydrogens (tertiary/aromatic N) is 2. The molecule has 1 aromatic heterocycles. The Morgan fingerprint density at radius 1 is 1.19 bits per heavy atom. The van der Waals surface area contributed by atoms with Crippen LogP contribution in [0.1, 0.15) is 22.0 Å². The van der Waals surface area contributed by atoms with Crippen LogP contribution in [0.3, 0.4) is 0 Å². The summed E-state index contributed by atoms with van der Waals surface area (Å²) < 4.78 is 13.2. The summed E-state index contributed by atoms with van der Waals surface area (Å²) in [6.45, 7) is 3.16. The Morgan fingerprint density at radius 2 is 2.04 bits per heavy atom. The maximum absolute atomic E-state index is 13.1. The van der Waals surface area contributed by atoms with Gasteiger partial charge in [-0.15, -0.1) is 0 Å². The molecule has 1 saturated heterocycles. The van der Waals surface area contributed by atoms with Gasteiger partial charge in [-0.3, -0.25) is 4.79 Å². The van der Waals surface area contributed by atoms with Gasteiger partial charge in [-0.1, -0.05) is 36.4 Å². The number of amides is 1. The molecule has 0 saturated carbocycles. The van der Waals surface area contributed by atoms with Crippen molar-refractivity contribution in [2.75, 3.05) is 33.4 Å². The molecule has 5 nitrogen and oxygen atoms in total. The van der Waals surface area contributed by atoms with Crippen molar-refractivity contribution >= 4 is 16.8 Å². The monoisotopic (exact) mass is 364 g/mol. The van der Waals surface area contributed by atoms with Crippen LogP contribution in [0.2, 0.25) is 0 Å². The van der Waals surface area contributed by atoms with Gasteiger partial charge in [-0.05, 0) is 29.1 Å². The highest BCUT2D eigenvalue weighted by Crippen LogP contribution is 2.24. The van der Waals surface area contributed by atoms with Gasteiger partial charge in [0.05, 0.1) is 19.8 Å². The van der Waals surface area contributed by atoms with Crippen LogP contribution in [0.25, 0.3) is 10.9 Å². The summed E-state index contributed by atoms with van der Waals surface area (Å²) in [5.74, 6) is 0.0561. The summed E-state index contributed by atoms with van der Waals surface area (Å²) in [6.07, 6.45) is 1.97. The molecule has 4 rings (SSSR count). The molecule has 0 bridgehead atoms. The molecule has 1 aliphatic heterocycles. The van der Waals surface area contributed by atoms with Crippen molar-refractivity contribution in [1.82, 2.24) is 9.47 Å². The van der Waals surface area contributed by atoms with Gasteiger partial charge in [-0.25, -0.2) is 0 Å². The van der Waals surface area contributed by atoms with Gasteiger partial charge in [0.15, 0.2) is 0 Å². The van der Waals surface area contributed by atoms with Gasteiger partial charge in [0.1, 0.15) is 6.10 Å². The normalized spacial score (nSPS) is 17.4. The smallest absolute Gasteiger partial charge is 0.254 e. The molecule has 2 heterocycles. The van der Waals surface area contributed by atoms with Crippen molar-refractivity contribution < 1.29 is 14.3 Å². The number of hydrogen-bond acceptors (Lipinski definition) is 3. The van der Waals surface area contributed by atoms with Crippen LogP contribution in [-0.2, 0) is 16.0 Å². The zero-order valence-electron chi connectivity index (χ0n) is 15.5. The molecular weight excluding hydrogens is 340 g/mol. The number of carbonyl (C=O) groups is 1. The highest BCUT2D eigenvalue weighted by Gasteiger charge is 2.26. The lowest BCUT2D eigenvalue weighted by Crippen LogP contribution is -2.42. The number of methoxy groups -OCH3 is 1. The van der Waals surface area contributed by atoms with E-state index >= 15 is 0 Å². The first-order chi connectivity index (χ1) is 13.3. The fraction of sp³-hybridized carbons (Fsp3) is 0.318. The Hall–Kier alpha value is -2.63. The SMILES string of the molecule is COCCn1ccc2ccc(C(=O)N3CCOC(c4ccccc4)C3)cc21. The topological polar surface area (TPSA) is 43.7 Å². The third-order valence-corrected chi connectivity index (χ3v) is 5.08. The van der Waals surface area contributed by atoms with Crippen molar-refractivity contribution in [3.63, 3.8) is 0 Å². The molecule has 1 aliphatic rings. The first-order valence-electron chi connectivity index (χ1n) is 9.30. The molecule has 140 valence electrons. The lowest BCUT2D eigenvalue weighted by Gasteiger charge is -2.33. The van der Waals surface area contributed by atoms with Crippen LogP contribution < -0.4 is 0 Å². The van der Waals surface area contributed by atoms with E-state index < -0.39 is 0 Å². The second-order valence-electron chi connectivity index (χ2n) is 6.80. The molecule has 1 fully saturated rings. The maximum atomic E-state index is 13.1. The van der Waals surface area contributed by atoms with E-state index in [1.165, 1.54) is 0 Å². The lowest BCUT2D eigenvalue weighted by molar-refractivity contribution is -0.0228. The molecular formula is C22H24N2O3. The van der Waals surface area contributed by atoms with Gasteiger partial charge >= 0.3 is 0 Å². The summed E-state index contributed by atoms with van der Waals surface area (Å²) in [7, 11) is 1.70. The molecule has 5 heteroatoms. The van der Waals surface area contributed by atoms with E-state index in [0.29, 0.717) is 31.9 Å². The largest absolute Gasteiger partial charge is 0.383 e. The van der Waals surface area contributed by atoms with E-state index in [1.54, 1.807) is 7.11 Å². The third kappa shape index (κ3) is 3.75. The summed E-state index contributed by atoms with van der Waals surface area (Å²) >= 11 is 0. The third-order valence-electron chi connectivity index (χ3n) is 5.08. The number of carbonyl (C=O) groups excluding carboxylic acids is 1. The Morgan fingerprint density at radius 3 is 2.85 bits per heavy atom. The Bertz CT molecular complexity index is 920. The number of hydrogen-bond donors (Lipinski definition) is 0. The molecule has 1 atom stereocenters. The molecule has 0 spiro atoms. The van der Waals surface area contributed by atoms with Crippen molar-refractivity contribution in [2.24, 2.45) is 0 Å². The van der Waals surface area contributed by atoms with Crippen molar-refractivity contribution in [3.8, 4) is 0 Å². The first-order valence-corrected chi connectivity index (χ1v) is 9.30. The van der Waals surface area contributed by atoms with Crippen LogP contribution in [0, 0.1) is 0 Å². The second-order valence-corrected chi connectivity index (χ2v) is 6.80. The van der Waals surface area contributed by atoms with E-state index in [0.717, 1.165) is 23.0 Å². The Labute approximate surface area is 159 Å². The van der Waals surface area contributed by atoms with Crippen molar-refractivity contribution in [1.29, 1.82) is 0 Å². The van der Waals surface area contributed by atoms with E-state index in [-0.39, 0.29) is 12.0 Å². The summed E-state index contributed by atoms with van der Waals surface area (Å²) in [6, 6.07) is 18.1. The van der Waals surface area contributed by atoms with Crippen LogP contribution in [0.4, 0.5) is 0 Å². The zero-order chi connectivity index (χ0) is 18.6. The van der Waals surface area contributed by atoms with E-state index in [4.69, 9.17) is 9.47 Å². The Kier molecular flexibility index (Phi) is 5.23. The van der Waals surface area contributed by atoms with Crippen molar-refractivity contribution in [2.45, 2.75) is 12.6 Å². The van der Waals surface area contributed by atoms with Gasteiger partial charge in [0.25, 0.3) is 5.91 Å². The minimum Gasteiger partial charge on any atom is -0.383 e. The highest BCUT2D eigenvalue weighted by molar-refractivity contribution is 5.98. The van der Waals surface area contributed by atoms with Gasteiger partial charge in [0.2, 0.25) is 0 Å². The molecule has 0 aliphatic carbocycles. The molecule has 0 radical (unpaired) electrons. The summed E-state index contributed by atoms with van der Waals surface area (Å²) in [5.41, 5.74) is 2.89. The minimum absolute atomic E-state index is 0.0561. The lowest BCUT2D eigenvalue weighted by atomic mass is 10.1. The average molecular weight is 364 g/mol. The standard InChI is InChI=1S/C22H24N2O3/c1-26-13-11-23-10-9-17-7-8-19(15-20(17)23)22(25)24-12-14-27-21(16-24)18-5-3-2-4-6-18/h2-10,15,21H,11-14,16H2,1H3. The van der Waals surface area contributed by atoms with Crippen LogP contribution in [-0.4, -0.2) is 48.8 Å². The number of rotatable bonds is 5. The van der Waals surface area contributed by atoms with Crippen LogP contribution in [0.15, 0.2) is 60.8 Å². The summed E-state index contributed by atoms with van der Waals surface area (Å²) in [5, 5.41) is 1.13. The zero-order valence-corrected chi connectivity index (χ0v) is 15.5. The van der Waals surface area contributed by atoms with E-state index in [1.807, 2.05) is 59.6 Å². The predicted octanol–water partition coefficient (Wildman–Crippen LogP) is 3.50. The number of fused-ring (bicyclic) bond motifs is 1. The predicted molar refractivity (Wildman–Crippen MR) is 105 cm³/mol. The number of ether oxygens (including phenoxy) is 2. The average Bonchev–Trinajstić information content (AvgIpc) is 3.14. The quantitative estimate of drug-likeness (QED) is 0.696. The highest BCUT2D eigenvalue weighted by atomic mass is 16.5. The molecule has 1 amide bonds. The second kappa shape index (κ2) is 7.94. The molecule has 1 unspecified atom stereocenters. The van der Waals surface area contributed by atoms with Crippen LogP contribution >= 0.6 is 0 Å². The van der Waals surface area contributed by atoms with Crippen LogP contribution in [0.5, 0.6) is 0 Å².